The van der Waals surface area contributed by atoms with Gasteiger partial charge in [0.05, 0.1) is 0 Å². The first kappa shape index (κ1) is 15.2. The van der Waals surface area contributed by atoms with Gasteiger partial charge in [-0.1, -0.05) is 0 Å². The maximum Gasteiger partial charge on any atom is 0.323 e. The highest BCUT2D eigenvalue weighted by atomic mass is 16.4. The summed E-state index contributed by atoms with van der Waals surface area (Å²) in [4.78, 5) is 38.5. The molecular formula is C11H20N4O4. The van der Waals surface area contributed by atoms with E-state index in [2.05, 4.69) is 4.90 Å². The van der Waals surface area contributed by atoms with Crippen molar-refractivity contribution in [2.24, 2.45) is 5.73 Å². The normalized spacial score (nSPS) is 16.8. The molecule has 1 fully saturated rings. The fourth-order valence-corrected chi connectivity index (χ4v) is 1.98. The molecular weight excluding hydrogens is 252 g/mol. The van der Waals surface area contributed by atoms with Gasteiger partial charge in [0, 0.05) is 19.6 Å². The second-order valence-electron chi connectivity index (χ2n) is 4.64. The van der Waals surface area contributed by atoms with Crippen molar-refractivity contribution >= 4 is 17.9 Å². The van der Waals surface area contributed by atoms with E-state index < -0.39 is 24.5 Å². The molecule has 0 unspecified atom stereocenters. The number of carbonyl (C=O) groups excluding carboxylic acids is 2. The fraction of sp³-hybridized carbons (Fsp3) is 0.727. The molecule has 1 saturated heterocycles. The Morgan fingerprint density at radius 1 is 1.16 bits per heavy atom. The van der Waals surface area contributed by atoms with Gasteiger partial charge < -0.3 is 25.5 Å². The van der Waals surface area contributed by atoms with Crippen molar-refractivity contribution in [3.05, 3.63) is 0 Å². The van der Waals surface area contributed by atoms with Gasteiger partial charge in [-0.05, 0) is 20.0 Å². The largest absolute Gasteiger partial charge is 0.480 e. The van der Waals surface area contributed by atoms with E-state index in [1.54, 1.807) is 4.90 Å². The van der Waals surface area contributed by atoms with Crippen LogP contribution >= 0.6 is 0 Å². The summed E-state index contributed by atoms with van der Waals surface area (Å²) in [6.45, 7) is 1.79. The van der Waals surface area contributed by atoms with Crippen molar-refractivity contribution in [1.82, 2.24) is 14.7 Å². The highest BCUT2D eigenvalue weighted by Crippen LogP contribution is 2.05. The van der Waals surface area contributed by atoms with Crippen molar-refractivity contribution in [2.45, 2.75) is 6.42 Å². The maximum absolute atomic E-state index is 12.2. The number of nitrogens with two attached hydrogens (primary N) is 1. The van der Waals surface area contributed by atoms with E-state index >= 15 is 0 Å². The monoisotopic (exact) mass is 272 g/mol. The zero-order valence-electron chi connectivity index (χ0n) is 11.0. The number of likely N-dealkylation sites (N-methyl/N-ethyl adjacent to an activating group) is 1. The minimum Gasteiger partial charge on any atom is -0.480 e. The summed E-state index contributed by atoms with van der Waals surface area (Å²) in [5, 5.41) is 8.77. The number of primary amides is 1. The number of carbonyl (C=O) groups is 3. The van der Waals surface area contributed by atoms with Crippen LogP contribution in [0.4, 0.5) is 4.79 Å². The van der Waals surface area contributed by atoms with Crippen molar-refractivity contribution in [2.75, 3.05) is 46.3 Å². The van der Waals surface area contributed by atoms with E-state index in [0.717, 1.165) is 24.4 Å². The second kappa shape index (κ2) is 6.93. The SMILES string of the molecule is CN1CCCN(C(=O)N(CC(N)=O)CC(=O)O)CC1. The summed E-state index contributed by atoms with van der Waals surface area (Å²) < 4.78 is 0. The second-order valence-corrected chi connectivity index (χ2v) is 4.64. The van der Waals surface area contributed by atoms with Crippen LogP contribution < -0.4 is 5.73 Å². The highest BCUT2D eigenvalue weighted by molar-refractivity contribution is 5.86. The first-order chi connectivity index (χ1) is 8.90. The number of urea groups is 1. The van der Waals surface area contributed by atoms with Crippen LogP contribution in [0.5, 0.6) is 0 Å². The molecule has 0 aromatic rings. The molecule has 0 aromatic carbocycles. The number of aliphatic carboxylic acids is 1. The Kier molecular flexibility index (Phi) is 5.56. The molecule has 19 heavy (non-hydrogen) atoms. The Morgan fingerprint density at radius 3 is 2.42 bits per heavy atom. The van der Waals surface area contributed by atoms with Crippen LogP contribution in [0.25, 0.3) is 0 Å². The van der Waals surface area contributed by atoms with Gasteiger partial charge in [-0.15, -0.1) is 0 Å². The number of hydrogen-bond acceptors (Lipinski definition) is 4. The van der Waals surface area contributed by atoms with Gasteiger partial charge in [0.1, 0.15) is 13.1 Å². The van der Waals surface area contributed by atoms with Crippen molar-refractivity contribution in [3.8, 4) is 0 Å². The summed E-state index contributed by atoms with van der Waals surface area (Å²) in [5.41, 5.74) is 5.04. The van der Waals surface area contributed by atoms with E-state index in [1.165, 1.54) is 0 Å². The minimum atomic E-state index is -1.17. The average molecular weight is 272 g/mol. The Bertz CT molecular complexity index is 345. The number of carboxylic acids is 1. The summed E-state index contributed by atoms with van der Waals surface area (Å²) in [7, 11) is 1.96. The van der Waals surface area contributed by atoms with E-state index in [0.29, 0.717) is 13.1 Å². The number of rotatable bonds is 4. The van der Waals surface area contributed by atoms with Crippen molar-refractivity contribution in [1.29, 1.82) is 0 Å². The molecule has 0 spiro atoms. The maximum atomic E-state index is 12.2. The first-order valence-electron chi connectivity index (χ1n) is 6.12. The molecule has 1 rings (SSSR count). The molecule has 0 aromatic heterocycles. The molecule has 0 bridgehead atoms. The van der Waals surface area contributed by atoms with E-state index in [4.69, 9.17) is 10.8 Å². The molecule has 3 N–H and O–H groups in total. The van der Waals surface area contributed by atoms with Crippen LogP contribution in [0.3, 0.4) is 0 Å². The first-order valence-corrected chi connectivity index (χ1v) is 6.12. The number of nitrogens with zero attached hydrogens (tertiary/aromatic N) is 3. The highest BCUT2D eigenvalue weighted by Gasteiger charge is 2.25. The number of hydrogen-bond donors (Lipinski definition) is 2. The predicted molar refractivity (Wildman–Crippen MR) is 67.5 cm³/mol. The lowest BCUT2D eigenvalue weighted by atomic mass is 10.4. The zero-order valence-corrected chi connectivity index (χ0v) is 11.0. The number of carboxylic acid groups (broad SMARTS) is 1. The van der Waals surface area contributed by atoms with Gasteiger partial charge in [0.25, 0.3) is 0 Å². The number of amides is 3. The quantitative estimate of drug-likeness (QED) is 0.655. The molecule has 8 heteroatoms. The van der Waals surface area contributed by atoms with Crippen LogP contribution in [0, 0.1) is 0 Å². The molecule has 8 nitrogen and oxygen atoms in total. The van der Waals surface area contributed by atoms with Crippen molar-refractivity contribution in [3.63, 3.8) is 0 Å². The third-order valence-electron chi connectivity index (χ3n) is 2.93. The fourth-order valence-electron chi connectivity index (χ4n) is 1.98. The van der Waals surface area contributed by atoms with E-state index in [-0.39, 0.29) is 6.54 Å². The lowest BCUT2D eigenvalue weighted by Gasteiger charge is -2.28. The van der Waals surface area contributed by atoms with Crippen LogP contribution in [-0.4, -0.2) is 84.0 Å². The Labute approximate surface area is 111 Å². The molecule has 0 atom stereocenters. The van der Waals surface area contributed by atoms with Crippen LogP contribution in [-0.2, 0) is 9.59 Å². The molecule has 1 aliphatic rings. The summed E-state index contributed by atoms with van der Waals surface area (Å²) >= 11 is 0. The molecule has 1 heterocycles. The molecule has 3 amide bonds. The molecule has 108 valence electrons. The van der Waals surface area contributed by atoms with Crippen molar-refractivity contribution < 1.29 is 19.5 Å². The van der Waals surface area contributed by atoms with Gasteiger partial charge in [0.2, 0.25) is 5.91 Å². The third-order valence-corrected chi connectivity index (χ3v) is 2.93. The van der Waals surface area contributed by atoms with Crippen LogP contribution in [0.15, 0.2) is 0 Å². The standard InChI is InChI=1S/C11H20N4O4/c1-13-3-2-4-14(6-5-13)11(19)15(7-9(12)16)8-10(17)18/h2-8H2,1H3,(H2,12,16)(H,17,18). The lowest BCUT2D eigenvalue weighted by Crippen LogP contribution is -2.49. The van der Waals surface area contributed by atoms with E-state index in [9.17, 15) is 14.4 Å². The van der Waals surface area contributed by atoms with Gasteiger partial charge in [-0.3, -0.25) is 9.59 Å². The Hall–Kier alpha value is -1.83. The van der Waals surface area contributed by atoms with Gasteiger partial charge in [0.15, 0.2) is 0 Å². The summed E-state index contributed by atoms with van der Waals surface area (Å²) in [6, 6.07) is -0.448. The van der Waals surface area contributed by atoms with Gasteiger partial charge in [-0.2, -0.15) is 0 Å². The zero-order chi connectivity index (χ0) is 14.4. The Balaban J connectivity index is 2.68. The van der Waals surface area contributed by atoms with Gasteiger partial charge in [-0.25, -0.2) is 4.79 Å². The summed E-state index contributed by atoms with van der Waals surface area (Å²) in [5.74, 6) is -1.89. The van der Waals surface area contributed by atoms with E-state index in [1.807, 2.05) is 7.05 Å². The van der Waals surface area contributed by atoms with Crippen LogP contribution in [0.2, 0.25) is 0 Å². The lowest BCUT2D eigenvalue weighted by molar-refractivity contribution is -0.138. The molecule has 0 saturated carbocycles. The third kappa shape index (κ3) is 5.12. The molecule has 1 aliphatic heterocycles. The topological polar surface area (TPSA) is 107 Å². The molecule has 0 radical (unpaired) electrons. The Morgan fingerprint density at radius 2 is 1.84 bits per heavy atom. The smallest absolute Gasteiger partial charge is 0.323 e. The van der Waals surface area contributed by atoms with Gasteiger partial charge >= 0.3 is 12.0 Å². The average Bonchev–Trinajstić information content (AvgIpc) is 2.51. The predicted octanol–water partition coefficient (Wildman–Crippen LogP) is -1.38. The summed E-state index contributed by atoms with van der Waals surface area (Å²) in [6.07, 6.45) is 0.819. The molecule has 0 aliphatic carbocycles. The van der Waals surface area contributed by atoms with Crippen LogP contribution in [0.1, 0.15) is 6.42 Å². The minimum absolute atomic E-state index is 0.378.